The molecule has 0 atom stereocenters. The molecule has 2 heterocycles. The number of carboxylic acid groups (broad SMARTS) is 1. The summed E-state index contributed by atoms with van der Waals surface area (Å²) in [6.45, 7) is -2.67. The Kier molecular flexibility index (Phi) is 3.84. The molecule has 3 aromatic rings. The highest BCUT2D eigenvalue weighted by Crippen LogP contribution is 2.16. The van der Waals surface area contributed by atoms with E-state index in [1.165, 1.54) is 18.3 Å². The van der Waals surface area contributed by atoms with Crippen LogP contribution >= 0.6 is 0 Å². The van der Waals surface area contributed by atoms with Crippen molar-refractivity contribution in [3.8, 4) is 0 Å². The first kappa shape index (κ1) is 14.8. The van der Waals surface area contributed by atoms with E-state index in [0.29, 0.717) is 27.0 Å². The average Bonchev–Trinajstić information content (AvgIpc) is 3.01. The van der Waals surface area contributed by atoms with Gasteiger partial charge in [0.15, 0.2) is 0 Å². The highest BCUT2D eigenvalue weighted by Gasteiger charge is 2.06. The summed E-state index contributed by atoms with van der Waals surface area (Å²) in [4.78, 5) is 15.3. The van der Waals surface area contributed by atoms with E-state index in [4.69, 9.17) is 5.11 Å². The fraction of sp³-hybridized carbons (Fsp3) is 0.0625. The molecule has 0 bridgehead atoms. The van der Waals surface area contributed by atoms with Crippen LogP contribution in [0.1, 0.15) is 28.3 Å². The molecule has 0 aliphatic carbocycles. The largest absolute Gasteiger partial charge is 0.478 e. The van der Waals surface area contributed by atoms with E-state index in [2.05, 4.69) is 10.1 Å². The van der Waals surface area contributed by atoms with Gasteiger partial charge in [-0.15, -0.1) is 0 Å². The number of halogens is 2. The van der Waals surface area contributed by atoms with Crippen molar-refractivity contribution < 1.29 is 18.7 Å². The number of hydrogen-bond acceptors (Lipinski definition) is 3. The van der Waals surface area contributed by atoms with Gasteiger partial charge in [0.2, 0.25) is 0 Å². The maximum Gasteiger partial charge on any atom is 0.335 e. The first-order valence-corrected chi connectivity index (χ1v) is 6.68. The number of rotatable bonds is 4. The lowest BCUT2D eigenvalue weighted by Gasteiger charge is -2.00. The molecule has 1 aromatic carbocycles. The van der Waals surface area contributed by atoms with Crippen LogP contribution in [0.2, 0.25) is 0 Å². The van der Waals surface area contributed by atoms with Crippen molar-refractivity contribution >= 4 is 29.0 Å². The van der Waals surface area contributed by atoms with Crippen LogP contribution in [-0.2, 0) is 0 Å². The fourth-order valence-electron chi connectivity index (χ4n) is 2.09. The molecule has 0 spiro atoms. The van der Waals surface area contributed by atoms with Crippen LogP contribution in [0.5, 0.6) is 0 Å². The molecule has 0 fully saturated rings. The van der Waals surface area contributed by atoms with Crippen LogP contribution in [0.3, 0.4) is 0 Å². The van der Waals surface area contributed by atoms with Crippen molar-refractivity contribution in [1.82, 2.24) is 14.8 Å². The van der Waals surface area contributed by atoms with Crippen molar-refractivity contribution in [3.05, 3.63) is 59.5 Å². The number of fused-ring (bicyclic) bond motifs is 1. The summed E-state index contributed by atoms with van der Waals surface area (Å²) in [7, 11) is 0. The molecule has 5 nitrogen and oxygen atoms in total. The third kappa shape index (κ3) is 3.23. The minimum absolute atomic E-state index is 0.195. The summed E-state index contributed by atoms with van der Waals surface area (Å²) in [6, 6.07) is 9.60. The molecular weight excluding hydrogens is 304 g/mol. The molecule has 23 heavy (non-hydrogen) atoms. The Morgan fingerprint density at radius 2 is 1.91 bits per heavy atom. The van der Waals surface area contributed by atoms with Crippen LogP contribution in [-0.4, -0.2) is 25.8 Å². The third-order valence-corrected chi connectivity index (χ3v) is 3.21. The fourth-order valence-corrected chi connectivity index (χ4v) is 2.09. The van der Waals surface area contributed by atoms with Gasteiger partial charge in [-0.25, -0.2) is 14.5 Å². The first-order valence-electron chi connectivity index (χ1n) is 6.68. The van der Waals surface area contributed by atoms with Crippen LogP contribution in [0.15, 0.2) is 42.6 Å². The van der Waals surface area contributed by atoms with Gasteiger partial charge in [-0.1, -0.05) is 6.07 Å². The van der Waals surface area contributed by atoms with Gasteiger partial charge in [-0.05, 0) is 42.5 Å². The van der Waals surface area contributed by atoms with Gasteiger partial charge in [0.1, 0.15) is 0 Å². The van der Waals surface area contributed by atoms with E-state index in [1.54, 1.807) is 36.4 Å². The van der Waals surface area contributed by atoms with Crippen molar-refractivity contribution in [1.29, 1.82) is 0 Å². The van der Waals surface area contributed by atoms with Gasteiger partial charge in [-0.2, -0.15) is 13.9 Å². The number of nitrogens with zero attached hydrogens (tertiary/aromatic N) is 3. The van der Waals surface area contributed by atoms with Gasteiger partial charge >= 0.3 is 12.5 Å². The minimum atomic E-state index is -2.67. The second-order valence-corrected chi connectivity index (χ2v) is 4.78. The van der Waals surface area contributed by atoms with Crippen LogP contribution < -0.4 is 0 Å². The molecule has 2 aromatic heterocycles. The number of carbonyl (C=O) groups is 1. The second-order valence-electron chi connectivity index (χ2n) is 4.78. The molecule has 0 saturated heterocycles. The summed E-state index contributed by atoms with van der Waals surface area (Å²) in [5, 5.41) is 13.4. The van der Waals surface area contributed by atoms with Crippen molar-refractivity contribution in [2.24, 2.45) is 0 Å². The number of pyridine rings is 1. The third-order valence-electron chi connectivity index (χ3n) is 3.21. The van der Waals surface area contributed by atoms with Crippen LogP contribution in [0, 0.1) is 0 Å². The zero-order valence-electron chi connectivity index (χ0n) is 11.7. The smallest absolute Gasteiger partial charge is 0.335 e. The highest BCUT2D eigenvalue weighted by molar-refractivity contribution is 5.93. The molecule has 0 aliphatic rings. The van der Waals surface area contributed by atoms with Crippen molar-refractivity contribution in [3.63, 3.8) is 0 Å². The first-order chi connectivity index (χ1) is 11.0. The van der Waals surface area contributed by atoms with E-state index < -0.39 is 12.5 Å². The average molecular weight is 315 g/mol. The Bertz CT molecular complexity index is 903. The minimum Gasteiger partial charge on any atom is -0.478 e. The number of alkyl halides is 2. The van der Waals surface area contributed by atoms with Crippen LogP contribution in [0.4, 0.5) is 8.78 Å². The van der Waals surface area contributed by atoms with Gasteiger partial charge in [0.05, 0.1) is 22.5 Å². The van der Waals surface area contributed by atoms with E-state index in [-0.39, 0.29) is 5.56 Å². The predicted molar refractivity (Wildman–Crippen MR) is 81.1 cm³/mol. The molecule has 1 N–H and O–H groups in total. The molecule has 0 radical (unpaired) electrons. The van der Waals surface area contributed by atoms with E-state index in [9.17, 15) is 13.6 Å². The van der Waals surface area contributed by atoms with Crippen LogP contribution in [0.25, 0.3) is 23.1 Å². The normalized spacial score (nSPS) is 11.6. The molecule has 7 heteroatoms. The Morgan fingerprint density at radius 3 is 2.61 bits per heavy atom. The molecule has 116 valence electrons. The summed E-state index contributed by atoms with van der Waals surface area (Å²) in [5.41, 5.74) is 1.86. The van der Waals surface area contributed by atoms with Crippen molar-refractivity contribution in [2.45, 2.75) is 6.55 Å². The predicted octanol–water partition coefficient (Wildman–Crippen LogP) is 3.70. The Morgan fingerprint density at radius 1 is 1.13 bits per heavy atom. The van der Waals surface area contributed by atoms with Gasteiger partial charge in [0.25, 0.3) is 0 Å². The SMILES string of the molecule is O=C(O)c1ccc2nc(/C=C/c3ccn(C(F)F)n3)ccc2c1. The van der Waals surface area contributed by atoms with Crippen molar-refractivity contribution in [2.75, 3.05) is 0 Å². The standard InChI is InChI=1S/C16H11F2N3O2/c17-16(18)21-8-7-13(20-21)5-4-12-3-1-10-9-11(15(22)23)2-6-14(10)19-12/h1-9,16H,(H,22,23)/b5-4+. The van der Waals surface area contributed by atoms with E-state index in [0.717, 1.165) is 0 Å². The molecule has 3 rings (SSSR count). The second kappa shape index (κ2) is 5.96. The number of aromatic nitrogens is 3. The van der Waals surface area contributed by atoms with E-state index >= 15 is 0 Å². The summed E-state index contributed by atoms with van der Waals surface area (Å²) in [5.74, 6) is -0.995. The lowest BCUT2D eigenvalue weighted by molar-refractivity contribution is 0.0565. The lowest BCUT2D eigenvalue weighted by atomic mass is 10.1. The molecule has 0 aliphatic heterocycles. The molecule has 0 amide bonds. The Hall–Kier alpha value is -3.09. The number of aromatic carboxylic acids is 1. The van der Waals surface area contributed by atoms with E-state index in [1.807, 2.05) is 0 Å². The monoisotopic (exact) mass is 315 g/mol. The Labute approximate surface area is 129 Å². The quantitative estimate of drug-likeness (QED) is 0.797. The number of carboxylic acids is 1. The summed E-state index contributed by atoms with van der Waals surface area (Å²) < 4.78 is 25.4. The number of benzene rings is 1. The maximum atomic E-state index is 12.4. The molecule has 0 unspecified atom stereocenters. The van der Waals surface area contributed by atoms with Gasteiger partial charge in [-0.3, -0.25) is 0 Å². The zero-order valence-corrected chi connectivity index (χ0v) is 11.7. The van der Waals surface area contributed by atoms with Gasteiger partial charge in [0, 0.05) is 11.6 Å². The summed E-state index contributed by atoms with van der Waals surface area (Å²) >= 11 is 0. The Balaban J connectivity index is 1.86. The topological polar surface area (TPSA) is 68.0 Å². The molecule has 0 saturated carbocycles. The number of hydrogen-bond donors (Lipinski definition) is 1. The van der Waals surface area contributed by atoms with Gasteiger partial charge < -0.3 is 5.11 Å². The highest BCUT2D eigenvalue weighted by atomic mass is 19.3. The summed E-state index contributed by atoms with van der Waals surface area (Å²) in [6.07, 6.45) is 4.44. The maximum absolute atomic E-state index is 12.4. The zero-order chi connectivity index (χ0) is 16.4. The molecular formula is C16H11F2N3O2. The lowest BCUT2D eigenvalue weighted by Crippen LogP contribution is -1.97.